The first-order valence-electron chi connectivity index (χ1n) is 40.6. The molecule has 0 spiro atoms. The van der Waals surface area contributed by atoms with Gasteiger partial charge in [-0.2, -0.15) is 0 Å². The lowest BCUT2D eigenvalue weighted by Crippen LogP contribution is -2.47. The number of nitrogens with zero attached hydrogens (tertiary/aromatic N) is 8. The Bertz CT molecular complexity index is 5100. The van der Waals surface area contributed by atoms with Crippen LogP contribution in [0.3, 0.4) is 0 Å². The number of fused-ring (bicyclic) bond motifs is 20. The van der Waals surface area contributed by atoms with E-state index in [2.05, 4.69) is 174 Å². The molecular weight excluding hydrogens is 1590 g/mol. The number of aromatic nitrogens is 4. The lowest BCUT2D eigenvalue weighted by molar-refractivity contribution is 0.0549. The van der Waals surface area contributed by atoms with Crippen molar-refractivity contribution in [2.75, 3.05) is 54.6 Å². The fourth-order valence-electron chi connectivity index (χ4n) is 18.4. The molecule has 13 heterocycles. The van der Waals surface area contributed by atoms with E-state index in [4.69, 9.17) is 18.9 Å². The summed E-state index contributed by atoms with van der Waals surface area (Å²) in [7, 11) is 6.17. The Kier molecular flexibility index (Phi) is 23.2. The number of aryl methyl sites for hydroxylation is 6. The molecule has 0 unspecified atom stereocenters. The minimum Gasteiger partial charge on any atom is -0.496 e. The van der Waals surface area contributed by atoms with Gasteiger partial charge >= 0.3 is 0 Å². The third-order valence-electron chi connectivity index (χ3n) is 24.1. The van der Waals surface area contributed by atoms with Crippen molar-refractivity contribution < 1.29 is 51.3 Å². The van der Waals surface area contributed by atoms with E-state index in [9.17, 15) is 32.3 Å². The number of benzene rings is 4. The number of hydrogen-bond donors (Lipinski definition) is 0. The fourth-order valence-corrected chi connectivity index (χ4v) is 20.5. The smallest absolute Gasteiger partial charge is 0.271 e. The predicted molar refractivity (Wildman–Crippen MR) is 454 cm³/mol. The van der Waals surface area contributed by atoms with Crippen molar-refractivity contribution in [1.29, 1.82) is 0 Å². The first-order valence-corrected chi connectivity index (χ1v) is 43.0. The number of halogens is 5. The molecule has 17 rings (SSSR count). The molecule has 0 saturated carbocycles. The molecule has 16 nitrogen and oxygen atoms in total. The molecule has 9 aromatic rings. The molecule has 0 fully saturated rings. The Balaban J connectivity index is 0.000000126. The van der Waals surface area contributed by atoms with E-state index in [1.165, 1.54) is 38.0 Å². The molecule has 114 heavy (non-hydrogen) atoms. The predicted octanol–water partition coefficient (Wildman–Crippen LogP) is 20.9. The molecule has 0 aliphatic carbocycles. The number of methoxy groups -OCH3 is 4. The SMILES string of the molecule is COc1cc2c(cc1Br)-c1cc3c(n1CC2)C(=O)N(C(C)(C)C)CCCC3.COc1cc2c(cc1F)-c1c(-c3cccs3)c3c(n1CC2)C(=O)N(C(C)(C)C)CCCC3.COc1cc2c(cc1F)-c1c(Br)c3c(n1CC2)C(=O)N(C(C)(C)C)CCCC3.COc1cc2c(cc1F)-c1cc3c(n1CC2)C(=O)N(C(C)(C)C)CCCC3. The third kappa shape index (κ3) is 15.3. The topological polar surface area (TPSA) is 138 Å². The van der Waals surface area contributed by atoms with Crippen molar-refractivity contribution in [1.82, 2.24) is 37.9 Å². The van der Waals surface area contributed by atoms with Gasteiger partial charge in [0.15, 0.2) is 34.7 Å². The summed E-state index contributed by atoms with van der Waals surface area (Å²) in [5.41, 5.74) is 20.2. The summed E-state index contributed by atoms with van der Waals surface area (Å²) < 4.78 is 75.2. The highest BCUT2D eigenvalue weighted by Crippen LogP contribution is 2.50. The highest BCUT2D eigenvalue weighted by Gasteiger charge is 2.42. The maximum atomic E-state index is 14.8. The highest BCUT2D eigenvalue weighted by atomic mass is 79.9. The number of carbonyl (C=O) groups is 4. The molecule has 606 valence electrons. The number of carbonyl (C=O) groups excluding carboxylic acids is 4. The minimum atomic E-state index is -0.377. The molecule has 0 saturated heterocycles. The quantitative estimate of drug-likeness (QED) is 0.166. The maximum absolute atomic E-state index is 14.8. The van der Waals surface area contributed by atoms with Crippen molar-refractivity contribution in [3.63, 3.8) is 0 Å². The van der Waals surface area contributed by atoms with Crippen LogP contribution in [0.15, 0.2) is 87.1 Å². The molecule has 5 aromatic heterocycles. The van der Waals surface area contributed by atoms with Crippen molar-refractivity contribution in [3.05, 3.63) is 172 Å². The zero-order valence-corrected chi connectivity index (χ0v) is 73.1. The van der Waals surface area contributed by atoms with Gasteiger partial charge in [0.05, 0.1) is 44.3 Å². The van der Waals surface area contributed by atoms with E-state index < -0.39 is 0 Å². The van der Waals surface area contributed by atoms with Gasteiger partial charge in [-0.15, -0.1) is 11.3 Å². The molecule has 0 radical (unpaired) electrons. The summed E-state index contributed by atoms with van der Waals surface area (Å²) in [5, 5.41) is 2.07. The van der Waals surface area contributed by atoms with E-state index in [0.717, 1.165) is 263 Å². The number of hydrogen-bond acceptors (Lipinski definition) is 9. The molecule has 0 bridgehead atoms. The van der Waals surface area contributed by atoms with Crippen LogP contribution in [0.2, 0.25) is 0 Å². The summed E-state index contributed by atoms with van der Waals surface area (Å²) in [6, 6.07) is 22.9. The van der Waals surface area contributed by atoms with E-state index in [0.29, 0.717) is 13.1 Å². The zero-order valence-electron chi connectivity index (χ0n) is 69.1. The van der Waals surface area contributed by atoms with Gasteiger partial charge in [0.2, 0.25) is 0 Å². The second-order valence-electron chi connectivity index (χ2n) is 35.3. The number of amides is 4. The summed E-state index contributed by atoms with van der Waals surface area (Å²) in [4.78, 5) is 63.7. The van der Waals surface area contributed by atoms with Gasteiger partial charge in [-0.3, -0.25) is 19.2 Å². The third-order valence-corrected chi connectivity index (χ3v) is 26.4. The number of rotatable bonds is 5. The Morgan fingerprint density at radius 3 is 1.10 bits per heavy atom. The molecule has 0 N–H and O–H groups in total. The Labute approximate surface area is 690 Å². The Morgan fingerprint density at radius 2 is 0.693 bits per heavy atom. The van der Waals surface area contributed by atoms with E-state index >= 15 is 0 Å². The lowest BCUT2D eigenvalue weighted by Gasteiger charge is -2.37. The van der Waals surface area contributed by atoms with Gasteiger partial charge in [-0.05, 0) is 334 Å². The molecule has 22 heteroatoms. The Hall–Kier alpha value is -8.47. The van der Waals surface area contributed by atoms with Gasteiger partial charge in [0.25, 0.3) is 23.6 Å². The van der Waals surface area contributed by atoms with Gasteiger partial charge in [-0.1, -0.05) is 6.07 Å². The zero-order chi connectivity index (χ0) is 81.5. The van der Waals surface area contributed by atoms with Crippen molar-refractivity contribution in [2.24, 2.45) is 0 Å². The molecule has 4 aromatic carbocycles. The molecular formula is C92H109Br2F3N8O8S. The van der Waals surface area contributed by atoms with Crippen LogP contribution in [0.4, 0.5) is 13.2 Å². The monoisotopic (exact) mass is 1700 g/mol. The van der Waals surface area contributed by atoms with Crippen LogP contribution in [0, 0.1) is 17.5 Å². The number of thiophene rings is 1. The summed E-state index contributed by atoms with van der Waals surface area (Å²) in [6.07, 6.45) is 15.0. The molecule has 8 aliphatic heterocycles. The second-order valence-corrected chi connectivity index (χ2v) is 37.9. The van der Waals surface area contributed by atoms with Crippen molar-refractivity contribution in [2.45, 2.75) is 234 Å². The van der Waals surface area contributed by atoms with Crippen LogP contribution < -0.4 is 18.9 Å². The average molecular weight is 1700 g/mol. The summed E-state index contributed by atoms with van der Waals surface area (Å²) >= 11 is 9.06. The normalized spacial score (nSPS) is 16.7. The summed E-state index contributed by atoms with van der Waals surface area (Å²) in [5.74, 6) is 1.02. The lowest BCUT2D eigenvalue weighted by atomic mass is 9.92. The molecule has 0 atom stereocenters. The van der Waals surface area contributed by atoms with Gasteiger partial charge < -0.3 is 56.8 Å². The standard InChI is InChI=1S/C26H29FN2O2S.C22H26BrFN2O2.C22H27BrN2O2.C22H27FN2O2/c1-26(2,3)29-11-6-5-8-17-22(21-9-7-13-32-21)23-18-15-19(27)20(31-4)14-16(18)10-12-28(23)24(17)25(29)30;1-22(2,3)26-9-6-5-7-14-18(23)19-15-12-16(24)17(28-4)11-13(15)8-10-25(19)20(14)21(26)27;2*1-22(2,3)25-9-6-5-7-15-11-18-16-13-17(23)19(27-4)12-14(16)8-10-24(18)20(15)21(25)26/h7,9,13-15H,5-6,8,10-12H2,1-4H3;11-12H,5-10H2,1-4H3;2*11-13H,5-10H2,1-4H3. The summed E-state index contributed by atoms with van der Waals surface area (Å²) in [6.45, 7) is 31.3. The highest BCUT2D eigenvalue weighted by molar-refractivity contribution is 9.11. The second kappa shape index (κ2) is 32.2. The number of ether oxygens (including phenoxy) is 4. The van der Waals surface area contributed by atoms with Gasteiger partial charge in [-0.25, -0.2) is 13.2 Å². The van der Waals surface area contributed by atoms with Crippen LogP contribution in [0.1, 0.15) is 221 Å². The van der Waals surface area contributed by atoms with Gasteiger partial charge in [0.1, 0.15) is 28.5 Å². The van der Waals surface area contributed by atoms with Crippen molar-refractivity contribution in [3.8, 4) is 78.5 Å². The van der Waals surface area contributed by atoms with Crippen molar-refractivity contribution >= 4 is 66.8 Å². The first kappa shape index (κ1) is 82.1. The molecule has 8 aliphatic rings. The van der Waals surface area contributed by atoms with Crippen LogP contribution in [-0.4, -0.2) is 138 Å². The van der Waals surface area contributed by atoms with E-state index in [1.54, 1.807) is 48.8 Å². The molecule has 4 amide bonds. The van der Waals surface area contributed by atoms with E-state index in [1.807, 2.05) is 26.8 Å². The van der Waals surface area contributed by atoms with Crippen LogP contribution >= 0.6 is 43.2 Å². The Morgan fingerprint density at radius 1 is 0.351 bits per heavy atom. The largest absolute Gasteiger partial charge is 0.496 e. The average Bonchev–Trinajstić information content (AvgIpc) is 1.57. The van der Waals surface area contributed by atoms with E-state index in [-0.39, 0.29) is 80.5 Å². The minimum absolute atomic E-state index is 0.0755. The maximum Gasteiger partial charge on any atom is 0.271 e. The van der Waals surface area contributed by atoms with Gasteiger partial charge in [0, 0.05) is 123 Å². The van der Waals surface area contributed by atoms with Crippen LogP contribution in [0.25, 0.3) is 55.5 Å². The fraction of sp³-hybridized carbons (Fsp3) is 0.478. The van der Waals surface area contributed by atoms with Crippen LogP contribution in [-0.2, 0) is 77.5 Å². The van der Waals surface area contributed by atoms with Crippen LogP contribution in [0.5, 0.6) is 23.0 Å². The first-order chi connectivity index (χ1) is 54.2.